The van der Waals surface area contributed by atoms with E-state index in [1.165, 1.54) is 0 Å². The van der Waals surface area contributed by atoms with Crippen molar-refractivity contribution in [2.75, 3.05) is 7.11 Å². The Hall–Kier alpha value is -1.64. The van der Waals surface area contributed by atoms with E-state index in [0.717, 1.165) is 7.11 Å². The maximum atomic E-state index is 12.6. The van der Waals surface area contributed by atoms with E-state index in [1.807, 2.05) is 0 Å². The summed E-state index contributed by atoms with van der Waals surface area (Å²) >= 11 is 5.42. The van der Waals surface area contributed by atoms with Gasteiger partial charge in [-0.2, -0.15) is 0 Å². The molecular weight excluding hydrogens is 313 g/mol. The Labute approximate surface area is 114 Å². The van der Waals surface area contributed by atoms with Crippen LogP contribution in [-0.2, 0) is 10.6 Å². The SMILES string of the molecule is COC(=O)c1cc(C(F)F)nc(OC(F)(F)F)c1CCl. The molecule has 0 aliphatic carbocycles. The van der Waals surface area contributed by atoms with Crippen molar-refractivity contribution < 1.29 is 36.2 Å². The summed E-state index contributed by atoms with van der Waals surface area (Å²) in [6, 6.07) is 0.609. The number of rotatable bonds is 4. The molecule has 1 aromatic heterocycles. The van der Waals surface area contributed by atoms with Crippen LogP contribution in [0, 0.1) is 0 Å². The monoisotopic (exact) mass is 319 g/mol. The average molecular weight is 320 g/mol. The van der Waals surface area contributed by atoms with E-state index in [0.29, 0.717) is 6.07 Å². The van der Waals surface area contributed by atoms with Crippen molar-refractivity contribution in [2.45, 2.75) is 18.7 Å². The van der Waals surface area contributed by atoms with Crippen molar-refractivity contribution in [1.29, 1.82) is 0 Å². The number of hydrogen-bond donors (Lipinski definition) is 0. The molecule has 0 N–H and O–H groups in total. The van der Waals surface area contributed by atoms with Gasteiger partial charge < -0.3 is 9.47 Å². The molecule has 20 heavy (non-hydrogen) atoms. The van der Waals surface area contributed by atoms with Gasteiger partial charge in [-0.05, 0) is 6.07 Å². The summed E-state index contributed by atoms with van der Waals surface area (Å²) in [4.78, 5) is 14.4. The zero-order valence-electron chi connectivity index (χ0n) is 9.80. The van der Waals surface area contributed by atoms with Gasteiger partial charge in [0.1, 0.15) is 5.69 Å². The third-order valence-corrected chi connectivity index (χ3v) is 2.35. The van der Waals surface area contributed by atoms with Gasteiger partial charge in [-0.15, -0.1) is 24.8 Å². The third-order valence-electron chi connectivity index (χ3n) is 2.08. The van der Waals surface area contributed by atoms with Crippen LogP contribution in [0.15, 0.2) is 6.07 Å². The predicted octanol–water partition coefficient (Wildman–Crippen LogP) is 3.44. The molecule has 0 atom stereocenters. The highest BCUT2D eigenvalue weighted by atomic mass is 35.5. The predicted molar refractivity (Wildman–Crippen MR) is 56.8 cm³/mol. The Balaban J connectivity index is 3.46. The number of carbonyl (C=O) groups excluding carboxylic acids is 1. The topological polar surface area (TPSA) is 48.4 Å². The molecule has 1 heterocycles. The second-order valence-electron chi connectivity index (χ2n) is 3.35. The first kappa shape index (κ1) is 16.4. The Bertz CT molecular complexity index is 506. The Morgan fingerprint density at radius 1 is 1.45 bits per heavy atom. The number of alkyl halides is 6. The van der Waals surface area contributed by atoms with Crippen molar-refractivity contribution in [3.63, 3.8) is 0 Å². The lowest BCUT2D eigenvalue weighted by atomic mass is 10.1. The summed E-state index contributed by atoms with van der Waals surface area (Å²) in [5.74, 6) is -2.94. The lowest BCUT2D eigenvalue weighted by molar-refractivity contribution is -0.276. The van der Waals surface area contributed by atoms with Gasteiger partial charge in [-0.1, -0.05) is 0 Å². The van der Waals surface area contributed by atoms with Crippen molar-refractivity contribution in [3.8, 4) is 5.88 Å². The molecule has 4 nitrogen and oxygen atoms in total. The molecule has 1 aromatic rings. The molecule has 0 aromatic carbocycles. The minimum absolute atomic E-state index is 0.486. The summed E-state index contributed by atoms with van der Waals surface area (Å²) in [5, 5.41) is 0. The molecule has 0 saturated carbocycles. The summed E-state index contributed by atoms with van der Waals surface area (Å²) in [6.07, 6.45) is -8.36. The summed E-state index contributed by atoms with van der Waals surface area (Å²) in [6.45, 7) is 0. The smallest absolute Gasteiger partial charge is 0.465 e. The minimum atomic E-state index is -5.16. The second kappa shape index (κ2) is 6.21. The first-order chi connectivity index (χ1) is 9.19. The molecular formula is C10H7ClF5NO3. The molecule has 0 bridgehead atoms. The van der Waals surface area contributed by atoms with Crippen LogP contribution in [0.1, 0.15) is 28.0 Å². The third kappa shape index (κ3) is 3.92. The van der Waals surface area contributed by atoms with Crippen LogP contribution in [0.5, 0.6) is 5.88 Å². The maximum absolute atomic E-state index is 12.6. The Morgan fingerprint density at radius 3 is 2.45 bits per heavy atom. The van der Waals surface area contributed by atoms with E-state index in [9.17, 15) is 26.7 Å². The van der Waals surface area contributed by atoms with Crippen LogP contribution in [-0.4, -0.2) is 24.4 Å². The number of halogens is 6. The van der Waals surface area contributed by atoms with E-state index >= 15 is 0 Å². The molecule has 0 unspecified atom stereocenters. The number of carbonyl (C=O) groups is 1. The van der Waals surface area contributed by atoms with E-state index in [1.54, 1.807) is 0 Å². The first-order valence-electron chi connectivity index (χ1n) is 4.91. The van der Waals surface area contributed by atoms with E-state index in [-0.39, 0.29) is 0 Å². The molecule has 0 amide bonds. The molecule has 0 aliphatic heterocycles. The second-order valence-corrected chi connectivity index (χ2v) is 3.62. The standard InChI is InChI=1S/C10H7ClF5NO3/c1-19-9(18)4-2-6(7(12)13)17-8(5(4)3-11)20-10(14,15)16/h2,7H,3H2,1H3. The number of hydrogen-bond acceptors (Lipinski definition) is 4. The zero-order chi connectivity index (χ0) is 15.5. The molecule has 0 spiro atoms. The molecule has 112 valence electrons. The van der Waals surface area contributed by atoms with Gasteiger partial charge >= 0.3 is 12.3 Å². The fourth-order valence-corrected chi connectivity index (χ4v) is 1.55. The quantitative estimate of drug-likeness (QED) is 0.484. The number of pyridine rings is 1. The molecule has 10 heteroatoms. The van der Waals surface area contributed by atoms with Crippen molar-refractivity contribution in [1.82, 2.24) is 4.98 Å². The lowest BCUT2D eigenvalue weighted by Crippen LogP contribution is -2.21. The van der Waals surface area contributed by atoms with Gasteiger partial charge in [-0.25, -0.2) is 18.6 Å². The molecule has 0 aliphatic rings. The molecule has 1 rings (SSSR count). The summed E-state index contributed by atoms with van der Waals surface area (Å²) < 4.78 is 69.6. The lowest BCUT2D eigenvalue weighted by Gasteiger charge is -2.15. The van der Waals surface area contributed by atoms with E-state index in [4.69, 9.17) is 11.6 Å². The Kier molecular flexibility index (Phi) is 5.09. The summed E-state index contributed by atoms with van der Waals surface area (Å²) in [5.41, 5.74) is -2.11. The van der Waals surface area contributed by atoms with Gasteiger partial charge in [-0.3, -0.25) is 0 Å². The van der Waals surface area contributed by atoms with E-state index in [2.05, 4.69) is 14.5 Å². The van der Waals surface area contributed by atoms with Gasteiger partial charge in [0.15, 0.2) is 0 Å². The van der Waals surface area contributed by atoms with Gasteiger partial charge in [0.2, 0.25) is 5.88 Å². The first-order valence-corrected chi connectivity index (χ1v) is 5.45. The molecule has 0 saturated heterocycles. The van der Waals surface area contributed by atoms with Crippen LogP contribution < -0.4 is 4.74 Å². The zero-order valence-corrected chi connectivity index (χ0v) is 10.6. The molecule has 0 fully saturated rings. The van der Waals surface area contributed by atoms with Crippen LogP contribution in [0.2, 0.25) is 0 Å². The van der Waals surface area contributed by atoms with Crippen LogP contribution in [0.3, 0.4) is 0 Å². The normalized spacial score (nSPS) is 11.6. The summed E-state index contributed by atoms with van der Waals surface area (Å²) in [7, 11) is 0.938. The van der Waals surface area contributed by atoms with Crippen molar-refractivity contribution in [2.24, 2.45) is 0 Å². The largest absolute Gasteiger partial charge is 0.574 e. The number of aromatic nitrogens is 1. The van der Waals surface area contributed by atoms with Crippen molar-refractivity contribution in [3.05, 3.63) is 22.9 Å². The fourth-order valence-electron chi connectivity index (χ4n) is 1.29. The highest BCUT2D eigenvalue weighted by molar-refractivity contribution is 6.18. The van der Waals surface area contributed by atoms with Crippen LogP contribution >= 0.6 is 11.6 Å². The van der Waals surface area contributed by atoms with Crippen LogP contribution in [0.4, 0.5) is 22.0 Å². The highest BCUT2D eigenvalue weighted by Crippen LogP contribution is 2.31. The van der Waals surface area contributed by atoms with Gasteiger partial charge in [0.25, 0.3) is 6.43 Å². The molecule has 0 radical (unpaired) electrons. The average Bonchev–Trinajstić information content (AvgIpc) is 2.34. The Morgan fingerprint density at radius 2 is 2.05 bits per heavy atom. The van der Waals surface area contributed by atoms with Gasteiger partial charge in [0, 0.05) is 5.56 Å². The highest BCUT2D eigenvalue weighted by Gasteiger charge is 2.34. The minimum Gasteiger partial charge on any atom is -0.465 e. The number of methoxy groups -OCH3 is 1. The van der Waals surface area contributed by atoms with Crippen molar-refractivity contribution >= 4 is 17.6 Å². The number of ether oxygens (including phenoxy) is 2. The van der Waals surface area contributed by atoms with Crippen LogP contribution in [0.25, 0.3) is 0 Å². The van der Waals surface area contributed by atoms with E-state index < -0.39 is 47.3 Å². The maximum Gasteiger partial charge on any atom is 0.574 e. The number of nitrogens with zero attached hydrogens (tertiary/aromatic N) is 1. The fraction of sp³-hybridized carbons (Fsp3) is 0.400. The number of esters is 1. The van der Waals surface area contributed by atoms with Gasteiger partial charge in [0.05, 0.1) is 18.6 Å².